The van der Waals surface area contributed by atoms with Crippen LogP contribution < -0.4 is 9.46 Å². The van der Waals surface area contributed by atoms with Gasteiger partial charge in [-0.25, -0.2) is 13.1 Å². The first-order valence-electron chi connectivity index (χ1n) is 7.54. The number of hydrogen-bond acceptors (Lipinski definition) is 4. The molecule has 0 unspecified atom stereocenters. The van der Waals surface area contributed by atoms with Crippen molar-refractivity contribution in [1.29, 1.82) is 0 Å². The van der Waals surface area contributed by atoms with Crippen LogP contribution in [0.4, 0.5) is 0 Å². The summed E-state index contributed by atoms with van der Waals surface area (Å²) < 4.78 is 33.4. The molecule has 128 valence electrons. The summed E-state index contributed by atoms with van der Waals surface area (Å²) in [5, 5.41) is 10.00. The van der Waals surface area contributed by atoms with Gasteiger partial charge in [-0.2, -0.15) is 0 Å². The molecule has 1 aliphatic carbocycles. The van der Waals surface area contributed by atoms with Crippen LogP contribution in [0.25, 0.3) is 0 Å². The normalized spacial score (nSPS) is 16.4. The molecule has 0 atom stereocenters. The van der Waals surface area contributed by atoms with E-state index in [1.165, 1.54) is 18.2 Å². The minimum absolute atomic E-state index is 0.00461. The predicted molar refractivity (Wildman–Crippen MR) is 92.0 cm³/mol. The Morgan fingerprint density at radius 3 is 2.38 bits per heavy atom. The molecule has 5 nitrogen and oxygen atoms in total. The monoisotopic (exact) mass is 367 g/mol. The van der Waals surface area contributed by atoms with Gasteiger partial charge in [0, 0.05) is 0 Å². The van der Waals surface area contributed by atoms with Crippen LogP contribution in [0.3, 0.4) is 0 Å². The summed E-state index contributed by atoms with van der Waals surface area (Å²) in [6.45, 7) is 0. The summed E-state index contributed by atoms with van der Waals surface area (Å²) in [5.74, 6) is 0.277. The van der Waals surface area contributed by atoms with E-state index in [1.54, 1.807) is 19.2 Å². The topological polar surface area (TPSA) is 75.6 Å². The third kappa shape index (κ3) is 2.97. The molecule has 0 radical (unpaired) electrons. The molecule has 7 heteroatoms. The molecule has 0 aromatic heterocycles. The molecule has 0 saturated heterocycles. The number of aromatic hydroxyl groups is 1. The Labute approximate surface area is 146 Å². The van der Waals surface area contributed by atoms with Crippen LogP contribution in [0.15, 0.2) is 47.4 Å². The molecule has 3 rings (SSSR count). The van der Waals surface area contributed by atoms with E-state index in [1.807, 2.05) is 12.1 Å². The highest BCUT2D eigenvalue weighted by molar-refractivity contribution is 7.89. The molecular formula is C17H18ClNO4S. The second kappa shape index (κ2) is 6.27. The number of rotatable bonds is 5. The van der Waals surface area contributed by atoms with Crippen molar-refractivity contribution in [2.75, 3.05) is 7.11 Å². The lowest BCUT2D eigenvalue weighted by Crippen LogP contribution is -2.50. The molecule has 0 aliphatic heterocycles. The Kier molecular flexibility index (Phi) is 4.46. The SMILES string of the molecule is COc1ccc(C2(NS(=O)(=O)c3cccc(Cl)c3O)CCC2)cc1. The minimum atomic E-state index is -3.91. The van der Waals surface area contributed by atoms with Gasteiger partial charge in [-0.05, 0) is 49.1 Å². The van der Waals surface area contributed by atoms with Crippen molar-refractivity contribution in [3.8, 4) is 11.5 Å². The molecule has 2 aromatic carbocycles. The van der Waals surface area contributed by atoms with E-state index < -0.39 is 21.3 Å². The van der Waals surface area contributed by atoms with Gasteiger partial charge in [-0.3, -0.25) is 0 Å². The third-order valence-electron chi connectivity index (χ3n) is 4.42. The van der Waals surface area contributed by atoms with Crippen molar-refractivity contribution in [3.63, 3.8) is 0 Å². The fourth-order valence-corrected chi connectivity index (χ4v) is 4.71. The predicted octanol–water partition coefficient (Wildman–Crippen LogP) is 3.41. The summed E-state index contributed by atoms with van der Waals surface area (Å²) in [6.07, 6.45) is 2.32. The number of sulfonamides is 1. The van der Waals surface area contributed by atoms with Gasteiger partial charge in [-0.1, -0.05) is 29.8 Å². The zero-order valence-electron chi connectivity index (χ0n) is 13.1. The van der Waals surface area contributed by atoms with Gasteiger partial charge in [0.15, 0.2) is 5.75 Å². The molecule has 2 N–H and O–H groups in total. The number of nitrogens with one attached hydrogen (secondary N) is 1. The van der Waals surface area contributed by atoms with Crippen LogP contribution in [0, 0.1) is 0 Å². The van der Waals surface area contributed by atoms with Gasteiger partial charge in [0.05, 0.1) is 17.7 Å². The second-order valence-electron chi connectivity index (χ2n) is 5.86. The molecule has 0 spiro atoms. The van der Waals surface area contributed by atoms with Crippen molar-refractivity contribution in [3.05, 3.63) is 53.1 Å². The van der Waals surface area contributed by atoms with Crippen LogP contribution in [-0.4, -0.2) is 20.6 Å². The average molecular weight is 368 g/mol. The highest BCUT2D eigenvalue weighted by atomic mass is 35.5. The van der Waals surface area contributed by atoms with Gasteiger partial charge in [-0.15, -0.1) is 0 Å². The lowest BCUT2D eigenvalue weighted by Gasteiger charge is -2.42. The van der Waals surface area contributed by atoms with Gasteiger partial charge in [0.1, 0.15) is 10.6 Å². The molecule has 0 bridgehead atoms. The number of benzene rings is 2. The highest BCUT2D eigenvalue weighted by Gasteiger charge is 2.42. The zero-order valence-corrected chi connectivity index (χ0v) is 14.7. The first-order chi connectivity index (χ1) is 11.4. The number of halogens is 1. The second-order valence-corrected chi connectivity index (χ2v) is 7.91. The van der Waals surface area contributed by atoms with E-state index in [-0.39, 0.29) is 9.92 Å². The Balaban J connectivity index is 1.95. The largest absolute Gasteiger partial charge is 0.505 e. The molecular weight excluding hydrogens is 350 g/mol. The summed E-state index contributed by atoms with van der Waals surface area (Å²) in [6, 6.07) is 11.6. The van der Waals surface area contributed by atoms with Gasteiger partial charge in [0.25, 0.3) is 0 Å². The number of para-hydroxylation sites is 1. The maximum Gasteiger partial charge on any atom is 0.245 e. The van der Waals surface area contributed by atoms with E-state index in [2.05, 4.69) is 4.72 Å². The molecule has 1 saturated carbocycles. The number of phenolic OH excluding ortho intramolecular Hbond substituents is 1. The smallest absolute Gasteiger partial charge is 0.245 e. The van der Waals surface area contributed by atoms with E-state index in [0.717, 1.165) is 12.0 Å². The van der Waals surface area contributed by atoms with E-state index in [4.69, 9.17) is 16.3 Å². The Hall–Kier alpha value is -1.76. The standard InChI is InChI=1S/C17H18ClNO4S/c1-23-13-8-6-12(7-9-13)17(10-3-11-17)19-24(21,22)15-5-2-4-14(18)16(15)20/h2,4-9,19-20H,3,10-11H2,1H3. The number of methoxy groups -OCH3 is 1. The molecule has 24 heavy (non-hydrogen) atoms. The number of hydrogen-bond donors (Lipinski definition) is 2. The van der Waals surface area contributed by atoms with E-state index in [9.17, 15) is 13.5 Å². The quantitative estimate of drug-likeness (QED) is 0.849. The van der Waals surface area contributed by atoms with E-state index >= 15 is 0 Å². The van der Waals surface area contributed by atoms with Crippen LogP contribution in [0.5, 0.6) is 11.5 Å². The van der Waals surface area contributed by atoms with Gasteiger partial charge < -0.3 is 9.84 Å². The van der Waals surface area contributed by atoms with Crippen LogP contribution >= 0.6 is 11.6 Å². The van der Waals surface area contributed by atoms with Crippen LogP contribution in [0.2, 0.25) is 5.02 Å². The Morgan fingerprint density at radius 1 is 1.17 bits per heavy atom. The summed E-state index contributed by atoms with van der Waals surface area (Å²) in [5.41, 5.74) is 0.208. The maximum absolute atomic E-state index is 12.8. The van der Waals surface area contributed by atoms with Crippen molar-refractivity contribution in [2.45, 2.75) is 29.7 Å². The number of phenols is 1. The van der Waals surface area contributed by atoms with Crippen molar-refractivity contribution in [1.82, 2.24) is 4.72 Å². The van der Waals surface area contributed by atoms with Crippen molar-refractivity contribution >= 4 is 21.6 Å². The molecule has 0 amide bonds. The van der Waals surface area contributed by atoms with E-state index in [0.29, 0.717) is 18.6 Å². The fraction of sp³-hybridized carbons (Fsp3) is 0.294. The first-order valence-corrected chi connectivity index (χ1v) is 9.40. The van der Waals surface area contributed by atoms with Gasteiger partial charge in [0.2, 0.25) is 10.0 Å². The lowest BCUT2D eigenvalue weighted by atomic mass is 9.73. The average Bonchev–Trinajstić information content (AvgIpc) is 2.53. The van der Waals surface area contributed by atoms with Crippen molar-refractivity contribution in [2.24, 2.45) is 0 Å². The molecule has 1 fully saturated rings. The lowest BCUT2D eigenvalue weighted by molar-refractivity contribution is 0.224. The van der Waals surface area contributed by atoms with Crippen LogP contribution in [0.1, 0.15) is 24.8 Å². The Morgan fingerprint density at radius 2 is 1.83 bits per heavy atom. The summed E-state index contributed by atoms with van der Waals surface area (Å²) >= 11 is 5.83. The van der Waals surface area contributed by atoms with Gasteiger partial charge >= 0.3 is 0 Å². The number of ether oxygens (including phenoxy) is 1. The molecule has 2 aromatic rings. The van der Waals surface area contributed by atoms with Crippen molar-refractivity contribution < 1.29 is 18.3 Å². The zero-order chi connectivity index (χ0) is 17.4. The summed E-state index contributed by atoms with van der Waals surface area (Å²) in [4.78, 5) is -0.213. The van der Waals surface area contributed by atoms with Crippen LogP contribution in [-0.2, 0) is 15.6 Å². The molecule has 0 heterocycles. The third-order valence-corrected chi connectivity index (χ3v) is 6.29. The maximum atomic E-state index is 12.8. The molecule has 1 aliphatic rings. The minimum Gasteiger partial charge on any atom is -0.505 e. The Bertz CT molecular complexity index is 845. The first kappa shape index (κ1) is 17.1. The summed E-state index contributed by atoms with van der Waals surface area (Å²) in [7, 11) is -2.33. The fourth-order valence-electron chi connectivity index (χ4n) is 2.91. The highest BCUT2D eigenvalue weighted by Crippen LogP contribution is 2.43.